The largest absolute Gasteiger partial charge is 0.301 e. The maximum atomic E-state index is 5.26. The lowest BCUT2D eigenvalue weighted by atomic mass is 10.0. The van der Waals surface area contributed by atoms with Crippen LogP contribution in [0.3, 0.4) is 0 Å². The van der Waals surface area contributed by atoms with E-state index in [1.807, 2.05) is 0 Å². The van der Waals surface area contributed by atoms with Crippen LogP contribution in [0, 0.1) is 12.3 Å². The molecule has 1 aliphatic rings. The average molecular weight is 109 g/mol. The molecule has 1 atom stereocenters. The van der Waals surface area contributed by atoms with Crippen LogP contribution in [-0.2, 0) is 0 Å². The van der Waals surface area contributed by atoms with E-state index in [-0.39, 0.29) is 5.54 Å². The monoisotopic (exact) mass is 109 g/mol. The summed E-state index contributed by atoms with van der Waals surface area (Å²) in [5.74, 6) is 2.73. The Morgan fingerprint density at radius 2 is 2.50 bits per heavy atom. The molecule has 0 unspecified atom stereocenters. The van der Waals surface area contributed by atoms with Crippen molar-refractivity contribution in [2.45, 2.75) is 25.3 Å². The van der Waals surface area contributed by atoms with Crippen LogP contribution in [0.4, 0.5) is 0 Å². The molecular weight excluding hydrogens is 98.1 g/mol. The zero-order valence-corrected chi connectivity index (χ0v) is 5.20. The highest BCUT2D eigenvalue weighted by Crippen LogP contribution is 2.15. The molecule has 0 aromatic carbocycles. The fourth-order valence-corrected chi connectivity index (χ4v) is 1.02. The zero-order valence-electron chi connectivity index (χ0n) is 5.20. The molecule has 1 fully saturated rings. The first-order chi connectivity index (χ1) is 3.77. The third-order valence-electron chi connectivity index (χ3n) is 1.69. The Morgan fingerprint density at radius 1 is 1.75 bits per heavy atom. The van der Waals surface area contributed by atoms with Gasteiger partial charge in [0.15, 0.2) is 0 Å². The molecule has 0 aromatic heterocycles. The van der Waals surface area contributed by atoms with Gasteiger partial charge in [0.2, 0.25) is 0 Å². The van der Waals surface area contributed by atoms with E-state index in [1.54, 1.807) is 0 Å². The molecule has 1 heteroatoms. The second kappa shape index (κ2) is 1.80. The summed E-state index contributed by atoms with van der Waals surface area (Å²) in [5, 5.41) is 3.25. The molecule has 1 saturated heterocycles. The Kier molecular flexibility index (Phi) is 1.27. The second-order valence-corrected chi connectivity index (χ2v) is 2.51. The average Bonchev–Trinajstić information content (AvgIpc) is 2.17. The maximum absolute atomic E-state index is 5.26. The van der Waals surface area contributed by atoms with E-state index in [0.29, 0.717) is 0 Å². The maximum Gasteiger partial charge on any atom is 0.0770 e. The Bertz CT molecular complexity index is 115. The molecule has 0 bridgehead atoms. The van der Waals surface area contributed by atoms with Gasteiger partial charge in [-0.3, -0.25) is 0 Å². The summed E-state index contributed by atoms with van der Waals surface area (Å²) in [7, 11) is 0. The second-order valence-electron chi connectivity index (χ2n) is 2.51. The highest BCUT2D eigenvalue weighted by Gasteiger charge is 2.24. The molecule has 1 nitrogen and oxygen atoms in total. The van der Waals surface area contributed by atoms with E-state index in [9.17, 15) is 0 Å². The van der Waals surface area contributed by atoms with Gasteiger partial charge in [-0.2, -0.15) is 0 Å². The predicted octanol–water partition coefficient (Wildman–Crippen LogP) is 0.762. The van der Waals surface area contributed by atoms with Crippen LogP contribution in [0.1, 0.15) is 19.8 Å². The van der Waals surface area contributed by atoms with Crippen molar-refractivity contribution >= 4 is 0 Å². The number of hydrogen-bond donors (Lipinski definition) is 1. The van der Waals surface area contributed by atoms with Crippen LogP contribution in [0.15, 0.2) is 0 Å². The number of rotatable bonds is 0. The summed E-state index contributed by atoms with van der Waals surface area (Å²) in [6, 6.07) is 0. The van der Waals surface area contributed by atoms with Crippen molar-refractivity contribution in [2.75, 3.05) is 6.54 Å². The Labute approximate surface area is 50.5 Å². The van der Waals surface area contributed by atoms with E-state index in [2.05, 4.69) is 18.2 Å². The molecule has 1 N–H and O–H groups in total. The van der Waals surface area contributed by atoms with E-state index in [1.165, 1.54) is 6.42 Å². The molecule has 1 heterocycles. The van der Waals surface area contributed by atoms with Gasteiger partial charge in [0.1, 0.15) is 0 Å². The van der Waals surface area contributed by atoms with E-state index in [0.717, 1.165) is 13.0 Å². The first-order valence-electron chi connectivity index (χ1n) is 3.00. The van der Waals surface area contributed by atoms with E-state index in [4.69, 9.17) is 6.42 Å². The van der Waals surface area contributed by atoms with Gasteiger partial charge in [-0.05, 0) is 26.3 Å². The SMILES string of the molecule is C#C[C@@]1(C)CCCN1. The first kappa shape index (κ1) is 5.65. The van der Waals surface area contributed by atoms with Crippen molar-refractivity contribution in [3.8, 4) is 12.3 Å². The van der Waals surface area contributed by atoms with Gasteiger partial charge in [-0.15, -0.1) is 6.42 Å². The molecule has 0 saturated carbocycles. The van der Waals surface area contributed by atoms with Gasteiger partial charge >= 0.3 is 0 Å². The fraction of sp³-hybridized carbons (Fsp3) is 0.714. The number of nitrogens with one attached hydrogen (secondary N) is 1. The number of terminal acetylenes is 1. The third-order valence-corrected chi connectivity index (χ3v) is 1.69. The van der Waals surface area contributed by atoms with Gasteiger partial charge in [0.25, 0.3) is 0 Å². The topological polar surface area (TPSA) is 12.0 Å². The molecule has 8 heavy (non-hydrogen) atoms. The normalized spacial score (nSPS) is 37.0. The third kappa shape index (κ3) is 0.850. The minimum Gasteiger partial charge on any atom is -0.301 e. The zero-order chi connectivity index (χ0) is 6.04. The summed E-state index contributed by atoms with van der Waals surface area (Å²) < 4.78 is 0. The molecule has 0 aromatic rings. The standard InChI is InChI=1S/C7H11N/c1-3-7(2)5-4-6-8-7/h1,8H,4-6H2,2H3/t7-/m0/s1. The van der Waals surface area contributed by atoms with Gasteiger partial charge in [0.05, 0.1) is 5.54 Å². The van der Waals surface area contributed by atoms with Crippen molar-refractivity contribution < 1.29 is 0 Å². The highest BCUT2D eigenvalue weighted by atomic mass is 15.0. The Morgan fingerprint density at radius 3 is 2.75 bits per heavy atom. The lowest BCUT2D eigenvalue weighted by Crippen LogP contribution is -2.33. The van der Waals surface area contributed by atoms with Crippen LogP contribution in [-0.4, -0.2) is 12.1 Å². The fourth-order valence-electron chi connectivity index (χ4n) is 1.02. The van der Waals surface area contributed by atoms with E-state index < -0.39 is 0 Å². The quantitative estimate of drug-likeness (QED) is 0.453. The van der Waals surface area contributed by atoms with Crippen LogP contribution in [0.5, 0.6) is 0 Å². The first-order valence-corrected chi connectivity index (χ1v) is 3.00. The van der Waals surface area contributed by atoms with E-state index >= 15 is 0 Å². The summed E-state index contributed by atoms with van der Waals surface area (Å²) in [5.41, 5.74) is 0.0139. The molecule has 0 radical (unpaired) electrons. The summed E-state index contributed by atoms with van der Waals surface area (Å²) in [6.45, 7) is 3.15. The summed E-state index contributed by atoms with van der Waals surface area (Å²) in [4.78, 5) is 0. The number of hydrogen-bond acceptors (Lipinski definition) is 1. The Balaban J connectivity index is 2.56. The molecule has 0 amide bonds. The van der Waals surface area contributed by atoms with Crippen LogP contribution in [0.2, 0.25) is 0 Å². The van der Waals surface area contributed by atoms with Gasteiger partial charge < -0.3 is 5.32 Å². The van der Waals surface area contributed by atoms with Crippen LogP contribution >= 0.6 is 0 Å². The molecular formula is C7H11N. The van der Waals surface area contributed by atoms with Crippen molar-refractivity contribution in [2.24, 2.45) is 0 Å². The lowest BCUT2D eigenvalue weighted by molar-refractivity contribution is 0.541. The highest BCUT2D eigenvalue weighted by molar-refractivity contribution is 5.12. The molecule has 1 rings (SSSR count). The molecule has 0 spiro atoms. The van der Waals surface area contributed by atoms with Crippen molar-refractivity contribution in [3.63, 3.8) is 0 Å². The van der Waals surface area contributed by atoms with Crippen molar-refractivity contribution in [1.29, 1.82) is 0 Å². The van der Waals surface area contributed by atoms with Crippen molar-refractivity contribution in [3.05, 3.63) is 0 Å². The summed E-state index contributed by atoms with van der Waals surface area (Å²) in [6.07, 6.45) is 7.61. The molecule has 0 aliphatic carbocycles. The molecule has 44 valence electrons. The Hall–Kier alpha value is -0.480. The van der Waals surface area contributed by atoms with Crippen LogP contribution in [0.25, 0.3) is 0 Å². The minimum atomic E-state index is 0.0139. The van der Waals surface area contributed by atoms with Crippen molar-refractivity contribution in [1.82, 2.24) is 5.32 Å². The van der Waals surface area contributed by atoms with Crippen LogP contribution < -0.4 is 5.32 Å². The smallest absolute Gasteiger partial charge is 0.0770 e. The van der Waals surface area contributed by atoms with Gasteiger partial charge in [0, 0.05) is 0 Å². The van der Waals surface area contributed by atoms with Gasteiger partial charge in [-0.1, -0.05) is 5.92 Å². The molecule has 1 aliphatic heterocycles. The lowest BCUT2D eigenvalue weighted by Gasteiger charge is -2.14. The predicted molar refractivity (Wildman–Crippen MR) is 34.5 cm³/mol. The minimum absolute atomic E-state index is 0.0139. The summed E-state index contributed by atoms with van der Waals surface area (Å²) >= 11 is 0. The van der Waals surface area contributed by atoms with Gasteiger partial charge in [-0.25, -0.2) is 0 Å².